The van der Waals surface area contributed by atoms with Crippen molar-refractivity contribution in [2.45, 2.75) is 6.92 Å². The molecule has 0 saturated carbocycles. The number of carbonyl (C=O) groups is 1. The maximum atomic E-state index is 12.6. The highest BCUT2D eigenvalue weighted by Gasteiger charge is 1.98. The van der Waals surface area contributed by atoms with Crippen LogP contribution in [0.5, 0.6) is 0 Å². The van der Waals surface area contributed by atoms with Crippen LogP contribution in [-0.4, -0.2) is 13.0 Å². The lowest BCUT2D eigenvalue weighted by Crippen LogP contribution is -2.14. The minimum absolute atomic E-state index is 0.160. The SMILES string of the molecule is CNC(=O)/C=C(\C)c1ccc(F)cc1. The lowest BCUT2D eigenvalue weighted by atomic mass is 10.1. The Balaban J connectivity index is 2.89. The first-order chi connectivity index (χ1) is 6.63. The third-order valence-corrected chi connectivity index (χ3v) is 1.89. The van der Waals surface area contributed by atoms with Gasteiger partial charge in [-0.05, 0) is 30.2 Å². The lowest BCUT2D eigenvalue weighted by molar-refractivity contribution is -0.116. The predicted molar refractivity (Wildman–Crippen MR) is 54.1 cm³/mol. The second-order valence-electron chi connectivity index (χ2n) is 2.95. The number of hydrogen-bond donors (Lipinski definition) is 1. The Morgan fingerprint density at radius 2 is 1.93 bits per heavy atom. The number of carbonyl (C=O) groups excluding carboxylic acids is 1. The third-order valence-electron chi connectivity index (χ3n) is 1.89. The van der Waals surface area contributed by atoms with Crippen LogP contribution in [0.3, 0.4) is 0 Å². The summed E-state index contributed by atoms with van der Waals surface area (Å²) in [5, 5.41) is 2.49. The quantitative estimate of drug-likeness (QED) is 0.715. The lowest BCUT2D eigenvalue weighted by Gasteiger charge is -2.00. The average Bonchev–Trinajstić information content (AvgIpc) is 2.18. The second-order valence-corrected chi connectivity index (χ2v) is 2.95. The summed E-state index contributed by atoms with van der Waals surface area (Å²) in [7, 11) is 1.57. The van der Waals surface area contributed by atoms with Crippen molar-refractivity contribution in [1.82, 2.24) is 5.32 Å². The van der Waals surface area contributed by atoms with Crippen molar-refractivity contribution < 1.29 is 9.18 Å². The highest BCUT2D eigenvalue weighted by atomic mass is 19.1. The third kappa shape index (κ3) is 2.69. The monoisotopic (exact) mass is 193 g/mol. The number of benzene rings is 1. The van der Waals surface area contributed by atoms with Crippen molar-refractivity contribution in [3.8, 4) is 0 Å². The zero-order valence-corrected chi connectivity index (χ0v) is 8.17. The summed E-state index contributed by atoms with van der Waals surface area (Å²) in [5.41, 5.74) is 1.65. The largest absolute Gasteiger partial charge is 0.356 e. The van der Waals surface area contributed by atoms with Crippen molar-refractivity contribution in [1.29, 1.82) is 0 Å². The van der Waals surface area contributed by atoms with E-state index >= 15 is 0 Å². The maximum Gasteiger partial charge on any atom is 0.244 e. The minimum atomic E-state index is -0.276. The highest BCUT2D eigenvalue weighted by Crippen LogP contribution is 2.13. The van der Waals surface area contributed by atoms with E-state index in [2.05, 4.69) is 5.32 Å². The Kier molecular flexibility index (Phi) is 3.40. The number of amides is 1. The van der Waals surface area contributed by atoms with Crippen LogP contribution in [0.1, 0.15) is 12.5 Å². The van der Waals surface area contributed by atoms with Crippen LogP contribution in [0.25, 0.3) is 5.57 Å². The Bertz CT molecular complexity index is 354. The molecule has 0 spiro atoms. The van der Waals surface area contributed by atoms with Gasteiger partial charge in [0.2, 0.25) is 5.91 Å². The van der Waals surface area contributed by atoms with Gasteiger partial charge >= 0.3 is 0 Å². The highest BCUT2D eigenvalue weighted by molar-refractivity contribution is 5.94. The van der Waals surface area contributed by atoms with Crippen molar-refractivity contribution in [2.75, 3.05) is 7.05 Å². The van der Waals surface area contributed by atoms with E-state index in [1.54, 1.807) is 19.2 Å². The van der Waals surface area contributed by atoms with Gasteiger partial charge in [-0.15, -0.1) is 0 Å². The van der Waals surface area contributed by atoms with Gasteiger partial charge in [-0.3, -0.25) is 4.79 Å². The number of rotatable bonds is 2. The van der Waals surface area contributed by atoms with Crippen molar-refractivity contribution in [3.63, 3.8) is 0 Å². The summed E-state index contributed by atoms with van der Waals surface area (Å²) in [6.07, 6.45) is 1.48. The van der Waals surface area contributed by atoms with E-state index in [4.69, 9.17) is 0 Å². The van der Waals surface area contributed by atoms with Gasteiger partial charge in [0.25, 0.3) is 0 Å². The molecule has 1 aromatic carbocycles. The summed E-state index contributed by atoms with van der Waals surface area (Å²) < 4.78 is 12.6. The molecule has 0 saturated heterocycles. The zero-order chi connectivity index (χ0) is 10.6. The van der Waals surface area contributed by atoms with E-state index in [0.29, 0.717) is 0 Å². The van der Waals surface area contributed by atoms with E-state index in [-0.39, 0.29) is 11.7 Å². The standard InChI is InChI=1S/C11H12FNO/c1-8(7-11(14)13-2)9-3-5-10(12)6-4-9/h3-7H,1-2H3,(H,13,14)/b8-7+. The normalized spacial score (nSPS) is 11.2. The predicted octanol–water partition coefficient (Wildman–Crippen LogP) is 1.97. The molecule has 1 N–H and O–H groups in total. The molecule has 0 fully saturated rings. The smallest absolute Gasteiger partial charge is 0.244 e. The molecule has 0 heterocycles. The summed E-state index contributed by atoms with van der Waals surface area (Å²) in [6.45, 7) is 1.81. The fraction of sp³-hybridized carbons (Fsp3) is 0.182. The van der Waals surface area contributed by atoms with Crippen molar-refractivity contribution in [3.05, 3.63) is 41.7 Å². The molecule has 3 heteroatoms. The first-order valence-electron chi connectivity index (χ1n) is 4.29. The summed E-state index contributed by atoms with van der Waals surface area (Å²) in [6, 6.07) is 6.03. The van der Waals surface area contributed by atoms with Crippen LogP contribution < -0.4 is 5.32 Å². The van der Waals surface area contributed by atoms with Crippen molar-refractivity contribution >= 4 is 11.5 Å². The van der Waals surface area contributed by atoms with Gasteiger partial charge in [-0.1, -0.05) is 12.1 Å². The average molecular weight is 193 g/mol. The van der Waals surface area contributed by atoms with Gasteiger partial charge in [0.05, 0.1) is 0 Å². The van der Waals surface area contributed by atoms with Crippen LogP contribution in [0.4, 0.5) is 4.39 Å². The van der Waals surface area contributed by atoms with E-state index < -0.39 is 0 Å². The first kappa shape index (κ1) is 10.4. The van der Waals surface area contributed by atoms with Gasteiger partial charge in [0.1, 0.15) is 5.82 Å². The fourth-order valence-electron chi connectivity index (χ4n) is 1.06. The van der Waals surface area contributed by atoms with Crippen LogP contribution in [0, 0.1) is 5.82 Å². The number of likely N-dealkylation sites (N-methyl/N-ethyl adjacent to an activating group) is 1. The van der Waals surface area contributed by atoms with E-state index in [1.807, 2.05) is 6.92 Å². The maximum absolute atomic E-state index is 12.6. The topological polar surface area (TPSA) is 29.1 Å². The number of allylic oxidation sites excluding steroid dienone is 1. The minimum Gasteiger partial charge on any atom is -0.356 e. The summed E-state index contributed by atoms with van der Waals surface area (Å²) in [4.78, 5) is 11.0. The molecule has 0 bridgehead atoms. The molecule has 14 heavy (non-hydrogen) atoms. The first-order valence-corrected chi connectivity index (χ1v) is 4.29. The van der Waals surface area contributed by atoms with Gasteiger partial charge < -0.3 is 5.32 Å². The molecule has 2 nitrogen and oxygen atoms in total. The molecule has 0 unspecified atom stereocenters. The molecule has 0 aliphatic carbocycles. The molecule has 0 aliphatic heterocycles. The van der Waals surface area contributed by atoms with Crippen molar-refractivity contribution in [2.24, 2.45) is 0 Å². The summed E-state index contributed by atoms with van der Waals surface area (Å²) in [5.74, 6) is -0.437. The molecule has 0 radical (unpaired) electrons. The van der Waals surface area contributed by atoms with Crippen LogP contribution >= 0.6 is 0 Å². The molecule has 1 aromatic rings. The number of halogens is 1. The fourth-order valence-corrected chi connectivity index (χ4v) is 1.06. The molecule has 74 valence electrons. The Labute approximate surface area is 82.4 Å². The Morgan fingerprint density at radius 1 is 1.36 bits per heavy atom. The second kappa shape index (κ2) is 4.56. The van der Waals surface area contributed by atoms with E-state index in [1.165, 1.54) is 18.2 Å². The summed E-state index contributed by atoms with van der Waals surface area (Å²) >= 11 is 0. The zero-order valence-electron chi connectivity index (χ0n) is 8.17. The molecule has 0 aromatic heterocycles. The molecule has 1 amide bonds. The van der Waals surface area contributed by atoms with Gasteiger partial charge in [0, 0.05) is 13.1 Å². The molecular weight excluding hydrogens is 181 g/mol. The van der Waals surface area contributed by atoms with Gasteiger partial charge in [0.15, 0.2) is 0 Å². The molecule has 1 rings (SSSR count). The molecular formula is C11H12FNO. The van der Waals surface area contributed by atoms with E-state index in [0.717, 1.165) is 11.1 Å². The molecule has 0 aliphatic rings. The van der Waals surface area contributed by atoms with Crippen LogP contribution in [0.15, 0.2) is 30.3 Å². The Hall–Kier alpha value is -1.64. The van der Waals surface area contributed by atoms with Gasteiger partial charge in [-0.2, -0.15) is 0 Å². The van der Waals surface area contributed by atoms with Crippen LogP contribution in [0.2, 0.25) is 0 Å². The number of hydrogen-bond acceptors (Lipinski definition) is 1. The molecule has 0 atom stereocenters. The van der Waals surface area contributed by atoms with Gasteiger partial charge in [-0.25, -0.2) is 4.39 Å². The Morgan fingerprint density at radius 3 is 2.43 bits per heavy atom. The van der Waals surface area contributed by atoms with E-state index in [9.17, 15) is 9.18 Å². The number of nitrogens with one attached hydrogen (secondary N) is 1. The van der Waals surface area contributed by atoms with Crippen LogP contribution in [-0.2, 0) is 4.79 Å².